The molecule has 39 heavy (non-hydrogen) atoms. The second kappa shape index (κ2) is 12.2. The van der Waals surface area contributed by atoms with Gasteiger partial charge in [0, 0.05) is 56.2 Å². The molecule has 2 aromatic heterocycles. The number of hydrogen-bond donors (Lipinski definition) is 2. The number of aromatic nitrogens is 2. The molecule has 0 aliphatic carbocycles. The van der Waals surface area contributed by atoms with Crippen molar-refractivity contribution in [2.24, 2.45) is 0 Å². The van der Waals surface area contributed by atoms with E-state index in [1.807, 2.05) is 11.4 Å². The molecule has 2 aromatic carbocycles. The van der Waals surface area contributed by atoms with Gasteiger partial charge in [0.1, 0.15) is 17.1 Å². The summed E-state index contributed by atoms with van der Waals surface area (Å²) in [6, 6.07) is 13.5. The van der Waals surface area contributed by atoms with Crippen molar-refractivity contribution in [1.82, 2.24) is 19.8 Å². The van der Waals surface area contributed by atoms with E-state index in [0.717, 1.165) is 37.4 Å². The molecule has 0 radical (unpaired) electrons. The Kier molecular flexibility index (Phi) is 8.30. The van der Waals surface area contributed by atoms with E-state index >= 15 is 0 Å². The van der Waals surface area contributed by atoms with Crippen LogP contribution in [0.2, 0.25) is 0 Å². The van der Waals surface area contributed by atoms with Gasteiger partial charge in [-0.25, -0.2) is 9.37 Å². The van der Waals surface area contributed by atoms with Gasteiger partial charge in [-0.1, -0.05) is 12.6 Å². The number of ether oxygens (including phenoxy) is 2. The van der Waals surface area contributed by atoms with Gasteiger partial charge in [-0.2, -0.15) is 4.98 Å². The second-order valence-electron chi connectivity index (χ2n) is 9.07. The molecule has 0 unspecified atom stereocenters. The standard InChI is InChI=1S/C28H29FN6O3S/c1-3-25(36)30-19-5-4-6-21(17-19)38-27-26-23(9-16-39-26)32-28(33-27)31-20-7-8-24(22(29)18-20)37-15-14-35-12-10-34(2)11-13-35/h3-9,16-18H,1,10-15H2,2H3,(H,30,36)(H,31,32,33). The SMILES string of the molecule is C=CC(=O)Nc1cccc(Oc2nc(Nc3ccc(OCCN4CCN(C)CC4)c(F)c3)nc3ccsc23)c1. The molecular formula is C28H29FN6O3S. The number of halogens is 1. The number of hydrogen-bond acceptors (Lipinski definition) is 9. The lowest BCUT2D eigenvalue weighted by Crippen LogP contribution is -2.45. The Morgan fingerprint density at radius 1 is 1.13 bits per heavy atom. The van der Waals surface area contributed by atoms with Gasteiger partial charge in [0.25, 0.3) is 0 Å². The third kappa shape index (κ3) is 6.88. The highest BCUT2D eigenvalue weighted by molar-refractivity contribution is 7.17. The molecule has 0 atom stereocenters. The molecule has 1 aliphatic rings. The van der Waals surface area contributed by atoms with Crippen LogP contribution in [0.4, 0.5) is 21.7 Å². The number of thiophene rings is 1. The van der Waals surface area contributed by atoms with E-state index < -0.39 is 5.82 Å². The fraction of sp³-hybridized carbons (Fsp3) is 0.250. The molecule has 5 rings (SSSR count). The molecular weight excluding hydrogens is 519 g/mol. The fourth-order valence-corrected chi connectivity index (χ4v) is 4.84. The number of nitrogens with zero attached hydrogens (tertiary/aromatic N) is 4. The third-order valence-electron chi connectivity index (χ3n) is 6.22. The Morgan fingerprint density at radius 3 is 2.77 bits per heavy atom. The van der Waals surface area contributed by atoms with Crippen LogP contribution in [0, 0.1) is 5.82 Å². The summed E-state index contributed by atoms with van der Waals surface area (Å²) in [6.45, 7) is 8.68. The third-order valence-corrected chi connectivity index (χ3v) is 7.11. The van der Waals surface area contributed by atoms with Crippen molar-refractivity contribution in [2.75, 3.05) is 57.0 Å². The Balaban J connectivity index is 1.26. The van der Waals surface area contributed by atoms with Crippen molar-refractivity contribution in [3.8, 4) is 17.4 Å². The van der Waals surface area contributed by atoms with Crippen LogP contribution in [0.15, 0.2) is 66.6 Å². The zero-order valence-electron chi connectivity index (χ0n) is 21.5. The Hall–Kier alpha value is -4.06. The Labute approximate surface area is 229 Å². The zero-order valence-corrected chi connectivity index (χ0v) is 22.3. The second-order valence-corrected chi connectivity index (χ2v) is 9.99. The van der Waals surface area contributed by atoms with Crippen molar-refractivity contribution in [1.29, 1.82) is 0 Å². The summed E-state index contributed by atoms with van der Waals surface area (Å²) in [5.74, 6) is 0.505. The molecule has 202 valence electrons. The van der Waals surface area contributed by atoms with E-state index in [-0.39, 0.29) is 17.6 Å². The molecule has 1 aliphatic heterocycles. The van der Waals surface area contributed by atoms with Gasteiger partial charge in [0.2, 0.25) is 17.7 Å². The lowest BCUT2D eigenvalue weighted by atomic mass is 10.3. The highest BCUT2D eigenvalue weighted by atomic mass is 32.1. The van der Waals surface area contributed by atoms with Gasteiger partial charge in [-0.15, -0.1) is 11.3 Å². The summed E-state index contributed by atoms with van der Waals surface area (Å²) in [6.07, 6.45) is 1.20. The average molecular weight is 549 g/mol. The van der Waals surface area contributed by atoms with Crippen LogP contribution >= 0.6 is 11.3 Å². The van der Waals surface area contributed by atoms with Gasteiger partial charge < -0.3 is 25.0 Å². The number of fused-ring (bicyclic) bond motifs is 1. The number of carbonyl (C=O) groups is 1. The lowest BCUT2D eigenvalue weighted by Gasteiger charge is -2.32. The number of rotatable bonds is 10. The van der Waals surface area contributed by atoms with Crippen molar-refractivity contribution >= 4 is 44.8 Å². The molecule has 9 nitrogen and oxygen atoms in total. The van der Waals surface area contributed by atoms with Gasteiger partial charge in [0.05, 0.1) is 5.52 Å². The summed E-state index contributed by atoms with van der Waals surface area (Å²) >= 11 is 1.45. The van der Waals surface area contributed by atoms with Crippen LogP contribution in [0.25, 0.3) is 10.2 Å². The summed E-state index contributed by atoms with van der Waals surface area (Å²) in [4.78, 5) is 25.3. The maximum atomic E-state index is 14.8. The van der Waals surface area contributed by atoms with E-state index in [0.29, 0.717) is 35.1 Å². The molecule has 0 spiro atoms. The highest BCUT2D eigenvalue weighted by Gasteiger charge is 2.15. The van der Waals surface area contributed by atoms with Crippen molar-refractivity contribution in [2.45, 2.75) is 0 Å². The van der Waals surface area contributed by atoms with E-state index in [1.165, 1.54) is 23.5 Å². The number of amides is 1. The number of anilines is 3. The van der Waals surface area contributed by atoms with Crippen LogP contribution in [0.3, 0.4) is 0 Å². The fourth-order valence-electron chi connectivity index (χ4n) is 4.08. The van der Waals surface area contributed by atoms with Crippen LogP contribution in [0.1, 0.15) is 0 Å². The van der Waals surface area contributed by atoms with E-state index in [1.54, 1.807) is 36.4 Å². The maximum absolute atomic E-state index is 14.8. The minimum absolute atomic E-state index is 0.205. The van der Waals surface area contributed by atoms with Crippen molar-refractivity contribution in [3.63, 3.8) is 0 Å². The van der Waals surface area contributed by atoms with Crippen molar-refractivity contribution in [3.05, 3.63) is 72.4 Å². The Bertz CT molecular complexity index is 1470. The molecule has 0 saturated carbocycles. The summed E-state index contributed by atoms with van der Waals surface area (Å²) < 4.78 is 27.3. The minimum atomic E-state index is -0.468. The van der Waals surface area contributed by atoms with Crippen LogP contribution in [-0.2, 0) is 4.79 Å². The van der Waals surface area contributed by atoms with Gasteiger partial charge in [-0.05, 0) is 48.8 Å². The number of piperazine rings is 1. The predicted molar refractivity (Wildman–Crippen MR) is 152 cm³/mol. The number of nitrogens with one attached hydrogen (secondary N) is 2. The smallest absolute Gasteiger partial charge is 0.247 e. The molecule has 2 N–H and O–H groups in total. The van der Waals surface area contributed by atoms with Crippen LogP contribution in [0.5, 0.6) is 17.4 Å². The summed E-state index contributed by atoms with van der Waals surface area (Å²) in [5.41, 5.74) is 1.73. The molecule has 1 saturated heterocycles. The first-order valence-corrected chi connectivity index (χ1v) is 13.4. The van der Waals surface area contributed by atoms with Crippen molar-refractivity contribution < 1.29 is 18.7 Å². The van der Waals surface area contributed by atoms with Gasteiger partial charge in [0.15, 0.2) is 11.6 Å². The van der Waals surface area contributed by atoms with E-state index in [4.69, 9.17) is 9.47 Å². The first kappa shape index (κ1) is 26.5. The van der Waals surface area contributed by atoms with E-state index in [9.17, 15) is 9.18 Å². The van der Waals surface area contributed by atoms with Crippen LogP contribution in [-0.4, -0.2) is 72.1 Å². The number of benzene rings is 2. The number of carbonyl (C=O) groups excluding carboxylic acids is 1. The lowest BCUT2D eigenvalue weighted by molar-refractivity contribution is -0.111. The van der Waals surface area contributed by atoms with E-state index in [2.05, 4.69) is 44.0 Å². The highest BCUT2D eigenvalue weighted by Crippen LogP contribution is 2.34. The number of likely N-dealkylation sites (N-methyl/N-ethyl adjacent to an activating group) is 1. The van der Waals surface area contributed by atoms with Gasteiger partial charge in [-0.3, -0.25) is 9.69 Å². The normalized spacial score (nSPS) is 14.2. The summed E-state index contributed by atoms with van der Waals surface area (Å²) in [7, 11) is 2.11. The first-order chi connectivity index (χ1) is 19.0. The molecule has 4 aromatic rings. The summed E-state index contributed by atoms with van der Waals surface area (Å²) in [5, 5.41) is 7.66. The predicted octanol–water partition coefficient (Wildman–Crippen LogP) is 5.12. The van der Waals surface area contributed by atoms with Crippen LogP contribution < -0.4 is 20.1 Å². The molecule has 1 amide bonds. The largest absolute Gasteiger partial charge is 0.489 e. The topological polar surface area (TPSA) is 91.8 Å². The molecule has 3 heterocycles. The molecule has 11 heteroatoms. The molecule has 1 fully saturated rings. The first-order valence-electron chi connectivity index (χ1n) is 12.5. The molecule has 0 bridgehead atoms. The monoisotopic (exact) mass is 548 g/mol. The quantitative estimate of drug-likeness (QED) is 0.264. The van der Waals surface area contributed by atoms with Gasteiger partial charge >= 0.3 is 0 Å². The minimum Gasteiger partial charge on any atom is -0.489 e. The average Bonchev–Trinajstić information content (AvgIpc) is 3.40. The Morgan fingerprint density at radius 2 is 1.97 bits per heavy atom. The zero-order chi connectivity index (χ0) is 27.2. The maximum Gasteiger partial charge on any atom is 0.247 e.